The SMILES string of the molecule is CCc1ccccc1N(C)c1nc(Cl)nc(N2CCCc3ccccc32)n1. The van der Waals surface area contributed by atoms with Gasteiger partial charge in [-0.05, 0) is 54.1 Å². The van der Waals surface area contributed by atoms with Crippen LogP contribution in [0, 0.1) is 0 Å². The monoisotopic (exact) mass is 379 g/mol. The molecule has 0 unspecified atom stereocenters. The molecule has 2 aromatic carbocycles. The van der Waals surface area contributed by atoms with Crippen molar-refractivity contribution < 1.29 is 0 Å². The first-order valence-electron chi connectivity index (χ1n) is 9.26. The smallest absolute Gasteiger partial charge is 0.236 e. The fourth-order valence-electron chi connectivity index (χ4n) is 3.59. The lowest BCUT2D eigenvalue weighted by Crippen LogP contribution is -2.27. The summed E-state index contributed by atoms with van der Waals surface area (Å²) in [7, 11) is 1.97. The molecule has 0 saturated carbocycles. The van der Waals surface area contributed by atoms with Gasteiger partial charge in [0.25, 0.3) is 0 Å². The van der Waals surface area contributed by atoms with E-state index in [-0.39, 0.29) is 5.28 Å². The molecule has 0 atom stereocenters. The third kappa shape index (κ3) is 3.47. The van der Waals surface area contributed by atoms with Gasteiger partial charge in [0.2, 0.25) is 17.2 Å². The summed E-state index contributed by atoms with van der Waals surface area (Å²) in [5.74, 6) is 1.15. The number of aryl methyl sites for hydroxylation is 2. The molecule has 6 heteroatoms. The Hall–Kier alpha value is -2.66. The number of rotatable bonds is 4. The number of anilines is 4. The van der Waals surface area contributed by atoms with Crippen LogP contribution in [-0.2, 0) is 12.8 Å². The molecule has 0 amide bonds. The van der Waals surface area contributed by atoms with Crippen molar-refractivity contribution in [2.75, 3.05) is 23.4 Å². The molecule has 0 fully saturated rings. The topological polar surface area (TPSA) is 45.2 Å². The van der Waals surface area contributed by atoms with Crippen molar-refractivity contribution in [3.63, 3.8) is 0 Å². The van der Waals surface area contributed by atoms with Crippen molar-refractivity contribution >= 4 is 34.9 Å². The standard InChI is InChI=1S/C21H22ClN5/c1-3-15-9-4-6-12-17(15)26(2)20-23-19(22)24-21(25-20)27-14-8-11-16-10-5-7-13-18(16)27/h4-7,9-10,12-13H,3,8,11,14H2,1-2H3. The third-order valence-corrected chi connectivity index (χ3v) is 5.14. The molecule has 0 N–H and O–H groups in total. The molecule has 0 spiro atoms. The Morgan fingerprint density at radius 2 is 1.81 bits per heavy atom. The maximum atomic E-state index is 6.29. The summed E-state index contributed by atoms with van der Waals surface area (Å²) >= 11 is 6.29. The molecule has 27 heavy (non-hydrogen) atoms. The van der Waals surface area contributed by atoms with E-state index in [0.717, 1.165) is 37.2 Å². The quantitative estimate of drug-likeness (QED) is 0.642. The lowest BCUT2D eigenvalue weighted by molar-refractivity contribution is 0.746. The fourth-order valence-corrected chi connectivity index (χ4v) is 3.74. The van der Waals surface area contributed by atoms with Gasteiger partial charge in [0.1, 0.15) is 0 Å². The normalized spacial score (nSPS) is 13.4. The molecule has 2 heterocycles. The summed E-state index contributed by atoms with van der Waals surface area (Å²) in [6, 6.07) is 16.7. The Morgan fingerprint density at radius 3 is 2.67 bits per heavy atom. The van der Waals surface area contributed by atoms with E-state index in [1.165, 1.54) is 11.1 Å². The van der Waals surface area contributed by atoms with E-state index in [0.29, 0.717) is 11.9 Å². The van der Waals surface area contributed by atoms with Crippen LogP contribution in [0.1, 0.15) is 24.5 Å². The predicted octanol–water partition coefficient (Wildman–Crippen LogP) is 4.94. The zero-order valence-corrected chi connectivity index (χ0v) is 16.3. The molecule has 1 aliphatic rings. The highest BCUT2D eigenvalue weighted by Gasteiger charge is 2.22. The number of para-hydroxylation sites is 2. The van der Waals surface area contributed by atoms with Crippen molar-refractivity contribution in [3.05, 3.63) is 64.9 Å². The molecule has 0 aliphatic carbocycles. The lowest BCUT2D eigenvalue weighted by atomic mass is 10.0. The summed E-state index contributed by atoms with van der Waals surface area (Å²) in [5, 5.41) is 0.207. The molecule has 0 bridgehead atoms. The van der Waals surface area contributed by atoms with E-state index in [9.17, 15) is 0 Å². The van der Waals surface area contributed by atoms with Gasteiger partial charge < -0.3 is 9.80 Å². The number of nitrogens with zero attached hydrogens (tertiary/aromatic N) is 5. The number of fused-ring (bicyclic) bond motifs is 1. The fraction of sp³-hybridized carbons (Fsp3) is 0.286. The number of halogens is 1. The Kier molecular flexibility index (Phi) is 4.94. The number of hydrogen-bond acceptors (Lipinski definition) is 5. The maximum absolute atomic E-state index is 6.29. The van der Waals surface area contributed by atoms with E-state index < -0.39 is 0 Å². The van der Waals surface area contributed by atoms with E-state index in [4.69, 9.17) is 16.6 Å². The minimum absolute atomic E-state index is 0.207. The highest BCUT2D eigenvalue weighted by atomic mass is 35.5. The Labute approximate surface area is 164 Å². The van der Waals surface area contributed by atoms with Crippen molar-refractivity contribution in [3.8, 4) is 0 Å². The largest absolute Gasteiger partial charge is 0.313 e. The molecule has 138 valence electrons. The molecule has 3 aromatic rings. The minimum atomic E-state index is 0.207. The van der Waals surface area contributed by atoms with Crippen LogP contribution in [0.4, 0.5) is 23.3 Å². The van der Waals surface area contributed by atoms with Crippen molar-refractivity contribution in [2.24, 2.45) is 0 Å². The van der Waals surface area contributed by atoms with Gasteiger partial charge in [0.05, 0.1) is 0 Å². The van der Waals surface area contributed by atoms with Gasteiger partial charge in [0, 0.05) is 25.0 Å². The van der Waals surface area contributed by atoms with Crippen LogP contribution in [0.5, 0.6) is 0 Å². The highest BCUT2D eigenvalue weighted by molar-refractivity contribution is 6.28. The molecule has 1 aliphatic heterocycles. The average molecular weight is 380 g/mol. The Morgan fingerprint density at radius 1 is 1.04 bits per heavy atom. The molecule has 1 aromatic heterocycles. The van der Waals surface area contributed by atoms with Crippen LogP contribution in [0.2, 0.25) is 5.28 Å². The molecule has 0 radical (unpaired) electrons. The highest BCUT2D eigenvalue weighted by Crippen LogP contribution is 2.33. The zero-order chi connectivity index (χ0) is 18.8. The first-order valence-corrected chi connectivity index (χ1v) is 9.64. The zero-order valence-electron chi connectivity index (χ0n) is 15.6. The van der Waals surface area contributed by atoms with Gasteiger partial charge >= 0.3 is 0 Å². The predicted molar refractivity (Wildman–Crippen MR) is 110 cm³/mol. The van der Waals surface area contributed by atoms with Gasteiger partial charge in [-0.15, -0.1) is 0 Å². The van der Waals surface area contributed by atoms with Crippen molar-refractivity contribution in [1.82, 2.24) is 15.0 Å². The lowest BCUT2D eigenvalue weighted by Gasteiger charge is -2.30. The summed E-state index contributed by atoms with van der Waals surface area (Å²) in [6.45, 7) is 3.01. The van der Waals surface area contributed by atoms with E-state index >= 15 is 0 Å². The third-order valence-electron chi connectivity index (χ3n) is 4.97. The first kappa shape index (κ1) is 17.7. The van der Waals surface area contributed by atoms with Gasteiger partial charge in [-0.2, -0.15) is 15.0 Å². The van der Waals surface area contributed by atoms with Crippen LogP contribution in [0.25, 0.3) is 0 Å². The van der Waals surface area contributed by atoms with Crippen LogP contribution >= 0.6 is 11.6 Å². The van der Waals surface area contributed by atoms with Gasteiger partial charge in [-0.25, -0.2) is 0 Å². The number of aromatic nitrogens is 3. The summed E-state index contributed by atoms with van der Waals surface area (Å²) < 4.78 is 0. The molecular formula is C21H22ClN5. The van der Waals surface area contributed by atoms with Crippen molar-refractivity contribution in [2.45, 2.75) is 26.2 Å². The van der Waals surface area contributed by atoms with Gasteiger partial charge in [0.15, 0.2) is 0 Å². The molecule has 4 rings (SSSR count). The second kappa shape index (κ2) is 7.53. The molecule has 0 saturated heterocycles. The second-order valence-corrected chi connectivity index (χ2v) is 6.97. The number of hydrogen-bond donors (Lipinski definition) is 0. The minimum Gasteiger partial charge on any atom is -0.313 e. The van der Waals surface area contributed by atoms with Crippen LogP contribution in [0.3, 0.4) is 0 Å². The van der Waals surface area contributed by atoms with Gasteiger partial charge in [-0.1, -0.05) is 43.3 Å². The van der Waals surface area contributed by atoms with Crippen LogP contribution < -0.4 is 9.80 Å². The number of benzene rings is 2. The van der Waals surface area contributed by atoms with Crippen LogP contribution in [0.15, 0.2) is 48.5 Å². The maximum Gasteiger partial charge on any atom is 0.236 e. The van der Waals surface area contributed by atoms with Crippen molar-refractivity contribution in [1.29, 1.82) is 0 Å². The first-order chi connectivity index (χ1) is 13.2. The Bertz CT molecular complexity index is 959. The van der Waals surface area contributed by atoms with Gasteiger partial charge in [-0.3, -0.25) is 0 Å². The summed E-state index contributed by atoms with van der Waals surface area (Å²) in [4.78, 5) is 17.7. The second-order valence-electron chi connectivity index (χ2n) is 6.63. The summed E-state index contributed by atoms with van der Waals surface area (Å²) in [5.41, 5.74) is 4.77. The molecule has 5 nitrogen and oxygen atoms in total. The van der Waals surface area contributed by atoms with E-state index in [2.05, 4.69) is 52.1 Å². The molecular weight excluding hydrogens is 358 g/mol. The summed E-state index contributed by atoms with van der Waals surface area (Å²) in [6.07, 6.45) is 3.07. The van der Waals surface area contributed by atoms with Crippen LogP contribution in [-0.4, -0.2) is 28.5 Å². The Balaban J connectivity index is 1.75. The van der Waals surface area contributed by atoms with E-state index in [1.807, 2.05) is 30.1 Å². The average Bonchev–Trinajstić information content (AvgIpc) is 2.72. The van der Waals surface area contributed by atoms with E-state index in [1.54, 1.807) is 0 Å².